The van der Waals surface area contributed by atoms with Gasteiger partial charge in [-0.3, -0.25) is 0 Å². The number of hydrogen-bond donors (Lipinski definition) is 1. The van der Waals surface area contributed by atoms with Crippen molar-refractivity contribution >= 4 is 20.9 Å². The van der Waals surface area contributed by atoms with Crippen molar-refractivity contribution in [2.24, 2.45) is 11.1 Å². The van der Waals surface area contributed by atoms with E-state index in [1.807, 2.05) is 0 Å². The van der Waals surface area contributed by atoms with Crippen LogP contribution in [0.25, 0.3) is 11.1 Å². The average Bonchev–Trinajstić information content (AvgIpc) is 2.76. The zero-order chi connectivity index (χ0) is 15.8. The predicted molar refractivity (Wildman–Crippen MR) is 83.0 cm³/mol. The van der Waals surface area contributed by atoms with Gasteiger partial charge in [0.2, 0.25) is 0 Å². The monoisotopic (exact) mass is 310 g/mol. The van der Waals surface area contributed by atoms with Gasteiger partial charge in [-0.05, 0) is 30.0 Å². The number of oxazole rings is 1. The van der Waals surface area contributed by atoms with E-state index in [2.05, 4.69) is 25.8 Å². The van der Waals surface area contributed by atoms with Crippen molar-refractivity contribution in [1.29, 1.82) is 0 Å². The Morgan fingerprint density at radius 3 is 2.52 bits per heavy atom. The lowest BCUT2D eigenvalue weighted by atomic mass is 9.84. The fourth-order valence-corrected chi connectivity index (χ4v) is 2.98. The summed E-state index contributed by atoms with van der Waals surface area (Å²) in [6, 6.07) is 4.73. The molecule has 0 aliphatic heterocycles. The van der Waals surface area contributed by atoms with Gasteiger partial charge in [0.15, 0.2) is 21.3 Å². The third-order valence-corrected chi connectivity index (χ3v) is 4.41. The number of fused-ring (bicyclic) bond motifs is 1. The van der Waals surface area contributed by atoms with Gasteiger partial charge in [-0.2, -0.15) is 0 Å². The molecule has 0 aliphatic carbocycles. The van der Waals surface area contributed by atoms with Gasteiger partial charge in [-0.25, -0.2) is 13.4 Å². The van der Waals surface area contributed by atoms with Gasteiger partial charge in [0.25, 0.3) is 0 Å². The van der Waals surface area contributed by atoms with Crippen LogP contribution in [0.2, 0.25) is 0 Å². The second-order valence-corrected chi connectivity index (χ2v) is 8.67. The van der Waals surface area contributed by atoms with Crippen molar-refractivity contribution in [3.05, 3.63) is 24.1 Å². The maximum absolute atomic E-state index is 11.6. The molecule has 1 atom stereocenters. The Hall–Kier alpha value is -1.40. The van der Waals surface area contributed by atoms with E-state index >= 15 is 0 Å². The molecule has 0 radical (unpaired) electrons. The van der Waals surface area contributed by atoms with Crippen molar-refractivity contribution in [1.82, 2.24) is 4.98 Å². The highest BCUT2D eigenvalue weighted by Gasteiger charge is 2.23. The summed E-state index contributed by atoms with van der Waals surface area (Å²) in [5.41, 5.74) is 7.09. The summed E-state index contributed by atoms with van der Waals surface area (Å²) in [5.74, 6) is 0.604. The van der Waals surface area contributed by atoms with Gasteiger partial charge in [0.1, 0.15) is 5.52 Å². The fraction of sp³-hybridized carbons (Fsp3) is 0.533. The maximum atomic E-state index is 11.6. The molecule has 0 fully saturated rings. The summed E-state index contributed by atoms with van der Waals surface area (Å²) in [7, 11) is -3.25. The molecular weight excluding hydrogens is 288 g/mol. The molecular formula is C15H22N2O3S. The van der Waals surface area contributed by atoms with Crippen LogP contribution >= 0.6 is 0 Å². The van der Waals surface area contributed by atoms with Crippen LogP contribution in [0.5, 0.6) is 0 Å². The molecule has 1 aromatic carbocycles. The van der Waals surface area contributed by atoms with E-state index in [0.717, 1.165) is 6.42 Å². The number of benzene rings is 1. The van der Waals surface area contributed by atoms with Crippen molar-refractivity contribution in [2.45, 2.75) is 38.0 Å². The van der Waals surface area contributed by atoms with E-state index in [4.69, 9.17) is 10.2 Å². The largest absolute Gasteiger partial charge is 0.440 e. The zero-order valence-corrected chi connectivity index (χ0v) is 13.7. The molecule has 6 heteroatoms. The van der Waals surface area contributed by atoms with Gasteiger partial charge in [-0.1, -0.05) is 20.8 Å². The summed E-state index contributed by atoms with van der Waals surface area (Å²) >= 11 is 0. The average molecular weight is 310 g/mol. The van der Waals surface area contributed by atoms with E-state index in [-0.39, 0.29) is 16.2 Å². The van der Waals surface area contributed by atoms with Crippen molar-refractivity contribution in [2.75, 3.05) is 12.8 Å². The van der Waals surface area contributed by atoms with Gasteiger partial charge < -0.3 is 10.2 Å². The highest BCUT2D eigenvalue weighted by Crippen LogP contribution is 2.32. The molecule has 1 aromatic heterocycles. The maximum Gasteiger partial charge on any atom is 0.199 e. The predicted octanol–water partition coefficient (Wildman–Crippen LogP) is 2.71. The first-order valence-corrected chi connectivity index (χ1v) is 8.80. The highest BCUT2D eigenvalue weighted by atomic mass is 32.2. The SMILES string of the molecule is CC(C)(C)CC(CN)c1nc2cc(S(C)(=O)=O)ccc2o1. The van der Waals surface area contributed by atoms with Gasteiger partial charge in [0, 0.05) is 18.7 Å². The Labute approximate surface area is 125 Å². The highest BCUT2D eigenvalue weighted by molar-refractivity contribution is 7.90. The number of sulfone groups is 1. The molecule has 0 bridgehead atoms. The van der Waals surface area contributed by atoms with Gasteiger partial charge >= 0.3 is 0 Å². The van der Waals surface area contributed by atoms with Crippen LogP contribution in [0.4, 0.5) is 0 Å². The fourth-order valence-electron chi connectivity index (χ4n) is 2.34. The topological polar surface area (TPSA) is 86.2 Å². The van der Waals surface area contributed by atoms with E-state index in [9.17, 15) is 8.42 Å². The number of nitrogens with zero attached hydrogens (tertiary/aromatic N) is 1. The molecule has 2 aromatic rings. The standard InChI is InChI=1S/C15H22N2O3S/c1-15(2,3)8-10(9-16)14-17-12-7-11(21(4,18)19)5-6-13(12)20-14/h5-7,10H,8-9,16H2,1-4H3. The van der Waals surface area contributed by atoms with E-state index in [0.29, 0.717) is 23.5 Å². The Bertz CT molecular complexity index is 742. The third-order valence-electron chi connectivity index (χ3n) is 3.30. The first kappa shape index (κ1) is 16.0. The summed E-state index contributed by atoms with van der Waals surface area (Å²) in [6.45, 7) is 6.86. The summed E-state index contributed by atoms with van der Waals surface area (Å²) < 4.78 is 28.9. The quantitative estimate of drug-likeness (QED) is 0.938. The van der Waals surface area contributed by atoms with Crippen LogP contribution in [-0.2, 0) is 9.84 Å². The Morgan fingerprint density at radius 1 is 1.33 bits per heavy atom. The molecule has 21 heavy (non-hydrogen) atoms. The minimum absolute atomic E-state index is 0.0269. The van der Waals surface area contributed by atoms with Crippen LogP contribution in [0, 0.1) is 5.41 Å². The lowest BCUT2D eigenvalue weighted by Crippen LogP contribution is -2.19. The molecule has 2 rings (SSSR count). The Kier molecular flexibility index (Phi) is 4.13. The first-order valence-electron chi connectivity index (χ1n) is 6.91. The molecule has 0 aliphatic rings. The smallest absolute Gasteiger partial charge is 0.199 e. The van der Waals surface area contributed by atoms with Crippen LogP contribution in [-0.4, -0.2) is 26.2 Å². The molecule has 2 N–H and O–H groups in total. The van der Waals surface area contributed by atoms with Crippen molar-refractivity contribution in [3.63, 3.8) is 0 Å². The molecule has 1 unspecified atom stereocenters. The zero-order valence-electron chi connectivity index (χ0n) is 12.9. The first-order chi connectivity index (χ1) is 9.60. The van der Waals surface area contributed by atoms with E-state index in [1.54, 1.807) is 12.1 Å². The lowest BCUT2D eigenvalue weighted by molar-refractivity contribution is 0.314. The van der Waals surface area contributed by atoms with Crippen LogP contribution in [0.3, 0.4) is 0 Å². The number of rotatable bonds is 4. The summed E-state index contributed by atoms with van der Waals surface area (Å²) in [5, 5.41) is 0. The normalized spacial score (nSPS) is 14.5. The molecule has 0 spiro atoms. The van der Waals surface area contributed by atoms with Crippen molar-refractivity contribution in [3.8, 4) is 0 Å². The molecule has 0 amide bonds. The number of nitrogens with two attached hydrogens (primary N) is 1. The second kappa shape index (κ2) is 5.42. The summed E-state index contributed by atoms with van der Waals surface area (Å²) in [6.07, 6.45) is 2.03. The minimum atomic E-state index is -3.25. The molecule has 1 heterocycles. The lowest BCUT2D eigenvalue weighted by Gasteiger charge is -2.22. The molecule has 0 saturated heterocycles. The van der Waals surface area contributed by atoms with Crippen molar-refractivity contribution < 1.29 is 12.8 Å². The number of hydrogen-bond acceptors (Lipinski definition) is 5. The van der Waals surface area contributed by atoms with Crippen LogP contribution in [0.15, 0.2) is 27.5 Å². The second-order valence-electron chi connectivity index (χ2n) is 6.65. The number of aromatic nitrogens is 1. The summed E-state index contributed by atoms with van der Waals surface area (Å²) in [4.78, 5) is 4.68. The third kappa shape index (κ3) is 3.83. The molecule has 0 saturated carbocycles. The van der Waals surface area contributed by atoms with E-state index < -0.39 is 9.84 Å². The van der Waals surface area contributed by atoms with Gasteiger partial charge in [-0.15, -0.1) is 0 Å². The Morgan fingerprint density at radius 2 is 2.00 bits per heavy atom. The minimum Gasteiger partial charge on any atom is -0.440 e. The molecule has 5 nitrogen and oxygen atoms in total. The van der Waals surface area contributed by atoms with Crippen LogP contribution < -0.4 is 5.73 Å². The Balaban J connectivity index is 2.42. The van der Waals surface area contributed by atoms with Gasteiger partial charge in [0.05, 0.1) is 4.90 Å². The molecule has 116 valence electrons. The van der Waals surface area contributed by atoms with E-state index in [1.165, 1.54) is 12.3 Å². The van der Waals surface area contributed by atoms with Crippen LogP contribution in [0.1, 0.15) is 39.0 Å².